The van der Waals surface area contributed by atoms with Gasteiger partial charge in [-0.15, -0.1) is 0 Å². The molecular weight excluding hydrogens is 328 g/mol. The number of carbonyl (C=O) groups is 1. The second-order valence-corrected chi connectivity index (χ2v) is 5.52. The minimum atomic E-state index is -0.210. The molecule has 2 heterocycles. The van der Waals surface area contributed by atoms with Gasteiger partial charge >= 0.3 is 0 Å². The lowest BCUT2D eigenvalue weighted by Gasteiger charge is -2.08. The predicted octanol–water partition coefficient (Wildman–Crippen LogP) is 3.74. The van der Waals surface area contributed by atoms with Gasteiger partial charge in [-0.05, 0) is 55.5 Å². The molecule has 0 spiro atoms. The number of ether oxygens (including phenoxy) is 1. The number of benzene rings is 1. The highest BCUT2D eigenvalue weighted by Crippen LogP contribution is 2.16. The molecular formula is C20H20N4O2. The molecule has 2 N–H and O–H groups in total. The molecule has 0 aliphatic carbocycles. The molecule has 6 nitrogen and oxygen atoms in total. The number of hydrogen-bond acceptors (Lipinski definition) is 5. The van der Waals surface area contributed by atoms with Crippen molar-refractivity contribution in [3.8, 4) is 5.75 Å². The number of pyridine rings is 2. The first kappa shape index (κ1) is 17.4. The monoisotopic (exact) mass is 348 g/mol. The van der Waals surface area contributed by atoms with Gasteiger partial charge < -0.3 is 15.4 Å². The summed E-state index contributed by atoms with van der Waals surface area (Å²) in [7, 11) is 0. The Kier molecular flexibility index (Phi) is 5.77. The van der Waals surface area contributed by atoms with Gasteiger partial charge in [0.1, 0.15) is 11.6 Å². The molecule has 0 atom stereocenters. The number of amides is 1. The molecule has 0 bridgehead atoms. The Bertz CT molecular complexity index is 834. The Labute approximate surface area is 152 Å². The maximum atomic E-state index is 12.3. The van der Waals surface area contributed by atoms with Gasteiger partial charge in [0.15, 0.2) is 0 Å². The predicted molar refractivity (Wildman–Crippen MR) is 101 cm³/mol. The van der Waals surface area contributed by atoms with Gasteiger partial charge in [-0.1, -0.05) is 6.07 Å². The van der Waals surface area contributed by atoms with Gasteiger partial charge in [0.05, 0.1) is 24.4 Å². The van der Waals surface area contributed by atoms with Crippen LogP contribution in [-0.2, 0) is 6.54 Å². The molecule has 3 rings (SSSR count). The fourth-order valence-electron chi connectivity index (χ4n) is 2.32. The molecule has 0 radical (unpaired) electrons. The lowest BCUT2D eigenvalue weighted by molar-refractivity contribution is 0.102. The van der Waals surface area contributed by atoms with E-state index in [-0.39, 0.29) is 5.91 Å². The Morgan fingerprint density at radius 2 is 1.88 bits per heavy atom. The smallest absolute Gasteiger partial charge is 0.257 e. The van der Waals surface area contributed by atoms with Crippen LogP contribution in [0.25, 0.3) is 0 Å². The number of nitrogens with zero attached hydrogens (tertiary/aromatic N) is 2. The summed E-state index contributed by atoms with van der Waals surface area (Å²) in [5, 5.41) is 6.02. The van der Waals surface area contributed by atoms with E-state index in [1.54, 1.807) is 36.7 Å². The van der Waals surface area contributed by atoms with Crippen molar-refractivity contribution >= 4 is 17.4 Å². The van der Waals surface area contributed by atoms with Gasteiger partial charge in [0.25, 0.3) is 5.91 Å². The Morgan fingerprint density at radius 1 is 1.04 bits per heavy atom. The van der Waals surface area contributed by atoms with Gasteiger partial charge in [0, 0.05) is 18.1 Å². The van der Waals surface area contributed by atoms with Crippen molar-refractivity contribution in [2.45, 2.75) is 13.5 Å². The van der Waals surface area contributed by atoms with Crippen molar-refractivity contribution in [1.82, 2.24) is 9.97 Å². The highest BCUT2D eigenvalue weighted by Gasteiger charge is 2.07. The maximum absolute atomic E-state index is 12.3. The summed E-state index contributed by atoms with van der Waals surface area (Å²) in [5.41, 5.74) is 2.12. The fourth-order valence-corrected chi connectivity index (χ4v) is 2.32. The van der Waals surface area contributed by atoms with E-state index in [1.807, 2.05) is 37.3 Å². The Hall–Kier alpha value is -3.41. The molecule has 0 aliphatic heterocycles. The van der Waals surface area contributed by atoms with Crippen LogP contribution in [-0.4, -0.2) is 22.5 Å². The van der Waals surface area contributed by atoms with Crippen LogP contribution in [0.2, 0.25) is 0 Å². The molecule has 0 unspecified atom stereocenters. The summed E-state index contributed by atoms with van der Waals surface area (Å²) in [6.07, 6.45) is 3.30. The summed E-state index contributed by atoms with van der Waals surface area (Å²) in [6.45, 7) is 3.11. The van der Waals surface area contributed by atoms with Crippen LogP contribution in [0.15, 0.2) is 67.0 Å². The molecule has 1 aromatic carbocycles. The molecule has 26 heavy (non-hydrogen) atoms. The zero-order chi connectivity index (χ0) is 18.2. The highest BCUT2D eigenvalue weighted by atomic mass is 16.5. The molecule has 132 valence electrons. The van der Waals surface area contributed by atoms with Gasteiger partial charge in [-0.2, -0.15) is 0 Å². The number of anilines is 2. The summed E-state index contributed by atoms with van der Waals surface area (Å²) in [4.78, 5) is 20.8. The third kappa shape index (κ3) is 4.80. The first-order chi connectivity index (χ1) is 12.7. The number of rotatable bonds is 7. The minimum absolute atomic E-state index is 0.210. The summed E-state index contributed by atoms with van der Waals surface area (Å²) >= 11 is 0. The molecule has 0 aliphatic rings. The van der Waals surface area contributed by atoms with Crippen LogP contribution in [0.3, 0.4) is 0 Å². The third-order valence-corrected chi connectivity index (χ3v) is 3.63. The molecule has 1 amide bonds. The zero-order valence-electron chi connectivity index (χ0n) is 14.5. The molecule has 6 heteroatoms. The summed E-state index contributed by atoms with van der Waals surface area (Å²) in [5.74, 6) is 1.25. The molecule has 0 saturated carbocycles. The first-order valence-corrected chi connectivity index (χ1v) is 8.38. The minimum Gasteiger partial charge on any atom is -0.494 e. The number of hydrogen-bond donors (Lipinski definition) is 2. The van der Waals surface area contributed by atoms with E-state index in [1.165, 1.54) is 0 Å². The second kappa shape index (κ2) is 8.62. The van der Waals surface area contributed by atoms with Crippen molar-refractivity contribution in [2.24, 2.45) is 0 Å². The van der Waals surface area contributed by atoms with Gasteiger partial charge in [-0.25, -0.2) is 4.98 Å². The summed E-state index contributed by atoms with van der Waals surface area (Å²) < 4.78 is 5.38. The van der Waals surface area contributed by atoms with Crippen molar-refractivity contribution in [3.63, 3.8) is 0 Å². The van der Waals surface area contributed by atoms with Crippen molar-refractivity contribution < 1.29 is 9.53 Å². The van der Waals surface area contributed by atoms with Crippen LogP contribution in [0.5, 0.6) is 5.75 Å². The van der Waals surface area contributed by atoms with E-state index in [9.17, 15) is 4.79 Å². The molecule has 2 aromatic heterocycles. The topological polar surface area (TPSA) is 76.1 Å². The molecule has 0 fully saturated rings. The SMILES string of the molecule is CCOc1ccc(NC(=O)c2ccc(NCc3ccccn3)nc2)cc1. The number of aromatic nitrogens is 2. The van der Waals surface area contributed by atoms with Crippen LogP contribution >= 0.6 is 0 Å². The molecule has 3 aromatic rings. The number of carbonyl (C=O) groups excluding carboxylic acids is 1. The van der Waals surface area contributed by atoms with Crippen molar-refractivity contribution in [1.29, 1.82) is 0 Å². The van der Waals surface area contributed by atoms with E-state index < -0.39 is 0 Å². The normalized spacial score (nSPS) is 10.2. The average Bonchev–Trinajstić information content (AvgIpc) is 2.69. The zero-order valence-corrected chi connectivity index (χ0v) is 14.5. The average molecular weight is 348 g/mol. The standard InChI is InChI=1S/C20H20N4O2/c1-2-26-18-9-7-16(8-10-18)24-20(25)15-6-11-19(22-13-15)23-14-17-5-3-4-12-21-17/h3-13H,2,14H2,1H3,(H,22,23)(H,24,25). The van der Waals surface area contributed by atoms with Crippen LogP contribution in [0.4, 0.5) is 11.5 Å². The Balaban J connectivity index is 1.56. The van der Waals surface area contributed by atoms with E-state index in [2.05, 4.69) is 20.6 Å². The van der Waals surface area contributed by atoms with Crippen molar-refractivity contribution in [2.75, 3.05) is 17.2 Å². The fraction of sp³-hybridized carbons (Fsp3) is 0.150. The van der Waals surface area contributed by atoms with Gasteiger partial charge in [-0.3, -0.25) is 9.78 Å². The Morgan fingerprint density at radius 3 is 2.54 bits per heavy atom. The van der Waals surface area contributed by atoms with Crippen LogP contribution in [0, 0.1) is 0 Å². The second-order valence-electron chi connectivity index (χ2n) is 5.52. The lowest BCUT2D eigenvalue weighted by atomic mass is 10.2. The maximum Gasteiger partial charge on any atom is 0.257 e. The van der Waals surface area contributed by atoms with E-state index >= 15 is 0 Å². The highest BCUT2D eigenvalue weighted by molar-refractivity contribution is 6.04. The third-order valence-electron chi connectivity index (χ3n) is 3.63. The van der Waals surface area contributed by atoms with Crippen LogP contribution in [0.1, 0.15) is 23.0 Å². The first-order valence-electron chi connectivity index (χ1n) is 8.38. The van der Waals surface area contributed by atoms with E-state index in [0.717, 1.165) is 11.4 Å². The van der Waals surface area contributed by atoms with Crippen LogP contribution < -0.4 is 15.4 Å². The quantitative estimate of drug-likeness (QED) is 0.680. The number of nitrogens with one attached hydrogen (secondary N) is 2. The van der Waals surface area contributed by atoms with E-state index in [4.69, 9.17) is 4.74 Å². The van der Waals surface area contributed by atoms with Crippen molar-refractivity contribution in [3.05, 3.63) is 78.2 Å². The molecule has 0 saturated heterocycles. The van der Waals surface area contributed by atoms with Gasteiger partial charge in [0.2, 0.25) is 0 Å². The van der Waals surface area contributed by atoms with E-state index in [0.29, 0.717) is 30.2 Å². The summed E-state index contributed by atoms with van der Waals surface area (Å²) in [6, 6.07) is 16.5. The largest absolute Gasteiger partial charge is 0.494 e. The lowest BCUT2D eigenvalue weighted by Crippen LogP contribution is -2.12.